The maximum Gasteiger partial charge on any atom is 0.0870 e. The van der Waals surface area contributed by atoms with E-state index in [2.05, 4.69) is 42.3 Å². The number of aromatic nitrogens is 3. The number of nitrogens with zero attached hydrogens (tertiary/aromatic N) is 2. The molecule has 1 aromatic rings. The maximum atomic E-state index is 3.95. The van der Waals surface area contributed by atoms with E-state index in [-0.39, 0.29) is 5.41 Å². The number of rotatable bonds is 1. The molecule has 0 saturated heterocycles. The summed E-state index contributed by atoms with van der Waals surface area (Å²) >= 11 is 0. The average molecular weight is 179 g/mol. The summed E-state index contributed by atoms with van der Waals surface area (Å²) in [5, 5.41) is 10.7. The zero-order valence-corrected chi connectivity index (χ0v) is 8.97. The molecule has 0 saturated carbocycles. The molecule has 0 fully saturated rings. The van der Waals surface area contributed by atoms with Crippen molar-refractivity contribution < 1.29 is 0 Å². The molecule has 0 unspecified atom stereocenters. The number of allylic oxidation sites excluding steroid dienone is 2. The van der Waals surface area contributed by atoms with Crippen LogP contribution in [0.5, 0.6) is 0 Å². The molecule has 1 N–H and O–H groups in total. The summed E-state index contributed by atoms with van der Waals surface area (Å²) < 4.78 is 0. The van der Waals surface area contributed by atoms with Gasteiger partial charge < -0.3 is 0 Å². The highest BCUT2D eigenvalue weighted by Gasteiger charge is 2.20. The van der Waals surface area contributed by atoms with E-state index in [1.807, 2.05) is 13.8 Å². The number of aromatic amines is 1. The fraction of sp³-hybridized carbons (Fsp3) is 0.600. The lowest BCUT2D eigenvalue weighted by Gasteiger charge is -2.21. The van der Waals surface area contributed by atoms with Crippen LogP contribution in [0.2, 0.25) is 0 Å². The first kappa shape index (κ1) is 9.96. The van der Waals surface area contributed by atoms with Gasteiger partial charge in [0.2, 0.25) is 0 Å². The lowest BCUT2D eigenvalue weighted by Crippen LogP contribution is -2.09. The summed E-state index contributed by atoms with van der Waals surface area (Å²) in [7, 11) is 0. The number of hydrogen-bond donors (Lipinski definition) is 1. The Morgan fingerprint density at radius 3 is 2.31 bits per heavy atom. The molecule has 72 valence electrons. The minimum atomic E-state index is 0.133. The summed E-state index contributed by atoms with van der Waals surface area (Å²) in [6.07, 6.45) is 2.11. The number of H-pyrrole nitrogens is 1. The normalized spacial score (nSPS) is 13.5. The van der Waals surface area contributed by atoms with Crippen LogP contribution in [0.25, 0.3) is 5.57 Å². The minimum Gasteiger partial charge on any atom is -0.258 e. The second-order valence-electron chi connectivity index (χ2n) is 4.22. The van der Waals surface area contributed by atoms with Crippen LogP contribution in [0.15, 0.2) is 6.08 Å². The molecule has 0 atom stereocenters. The van der Waals surface area contributed by atoms with Gasteiger partial charge in [-0.2, -0.15) is 0 Å². The first-order chi connectivity index (χ1) is 5.96. The Bertz CT molecular complexity index is 315. The van der Waals surface area contributed by atoms with Crippen molar-refractivity contribution in [3.05, 3.63) is 17.5 Å². The van der Waals surface area contributed by atoms with Crippen molar-refractivity contribution in [2.24, 2.45) is 5.41 Å². The molecule has 3 nitrogen and oxygen atoms in total. The predicted molar refractivity (Wildman–Crippen MR) is 54.2 cm³/mol. The molecule has 0 bridgehead atoms. The Hall–Kier alpha value is -1.12. The van der Waals surface area contributed by atoms with Crippen molar-refractivity contribution in [1.29, 1.82) is 0 Å². The fourth-order valence-electron chi connectivity index (χ4n) is 1.49. The van der Waals surface area contributed by atoms with E-state index in [1.54, 1.807) is 0 Å². The highest BCUT2D eigenvalue weighted by atomic mass is 15.3. The van der Waals surface area contributed by atoms with Crippen molar-refractivity contribution in [3.8, 4) is 0 Å². The van der Waals surface area contributed by atoms with Crippen molar-refractivity contribution >= 4 is 5.57 Å². The Morgan fingerprint density at radius 2 is 2.00 bits per heavy atom. The molecule has 1 aromatic heterocycles. The van der Waals surface area contributed by atoms with Gasteiger partial charge in [-0.25, -0.2) is 0 Å². The molecule has 0 spiro atoms. The van der Waals surface area contributed by atoms with Crippen LogP contribution >= 0.6 is 0 Å². The molecule has 0 amide bonds. The summed E-state index contributed by atoms with van der Waals surface area (Å²) in [5.74, 6) is 0. The van der Waals surface area contributed by atoms with Crippen molar-refractivity contribution in [2.45, 2.75) is 34.6 Å². The second kappa shape index (κ2) is 3.32. The molecule has 0 aliphatic carbocycles. The van der Waals surface area contributed by atoms with Gasteiger partial charge in [-0.05, 0) is 24.8 Å². The van der Waals surface area contributed by atoms with Gasteiger partial charge in [-0.15, -0.1) is 5.10 Å². The highest BCUT2D eigenvalue weighted by Crippen LogP contribution is 2.33. The summed E-state index contributed by atoms with van der Waals surface area (Å²) in [4.78, 5) is 0. The topological polar surface area (TPSA) is 41.6 Å². The highest BCUT2D eigenvalue weighted by molar-refractivity contribution is 5.67. The third-order valence-corrected chi connectivity index (χ3v) is 2.09. The van der Waals surface area contributed by atoms with Gasteiger partial charge in [0.15, 0.2) is 0 Å². The van der Waals surface area contributed by atoms with Gasteiger partial charge >= 0.3 is 0 Å². The summed E-state index contributed by atoms with van der Waals surface area (Å²) in [5.41, 5.74) is 3.40. The third-order valence-electron chi connectivity index (χ3n) is 2.09. The van der Waals surface area contributed by atoms with Gasteiger partial charge in [0.25, 0.3) is 0 Å². The van der Waals surface area contributed by atoms with Gasteiger partial charge in [-0.3, -0.25) is 5.10 Å². The lowest BCUT2D eigenvalue weighted by molar-refractivity contribution is 0.563. The van der Waals surface area contributed by atoms with Gasteiger partial charge in [-0.1, -0.05) is 32.1 Å². The molecule has 0 aliphatic rings. The molecular formula is C10H17N3. The van der Waals surface area contributed by atoms with Crippen LogP contribution in [0.3, 0.4) is 0 Å². The van der Waals surface area contributed by atoms with E-state index in [1.165, 1.54) is 5.57 Å². The third kappa shape index (κ3) is 1.97. The maximum absolute atomic E-state index is 3.95. The average Bonchev–Trinajstić information content (AvgIpc) is 2.35. The Morgan fingerprint density at radius 1 is 1.38 bits per heavy atom. The minimum absolute atomic E-state index is 0.133. The van der Waals surface area contributed by atoms with Crippen molar-refractivity contribution in [2.75, 3.05) is 0 Å². The largest absolute Gasteiger partial charge is 0.258 e. The smallest absolute Gasteiger partial charge is 0.0870 e. The monoisotopic (exact) mass is 179 g/mol. The number of hydrogen-bond acceptors (Lipinski definition) is 2. The van der Waals surface area contributed by atoms with E-state index < -0.39 is 0 Å². The van der Waals surface area contributed by atoms with Crippen LogP contribution in [0, 0.1) is 12.3 Å². The summed E-state index contributed by atoms with van der Waals surface area (Å²) in [6, 6.07) is 0. The number of nitrogens with one attached hydrogen (secondary N) is 1. The number of aryl methyl sites for hydroxylation is 1. The Kier molecular flexibility index (Phi) is 2.55. The second-order valence-corrected chi connectivity index (χ2v) is 4.22. The van der Waals surface area contributed by atoms with E-state index >= 15 is 0 Å². The molecule has 1 rings (SSSR count). The lowest BCUT2D eigenvalue weighted by atomic mass is 9.84. The van der Waals surface area contributed by atoms with Crippen molar-refractivity contribution in [1.82, 2.24) is 15.4 Å². The van der Waals surface area contributed by atoms with Crippen LogP contribution < -0.4 is 0 Å². The van der Waals surface area contributed by atoms with Crippen molar-refractivity contribution in [3.63, 3.8) is 0 Å². The van der Waals surface area contributed by atoms with E-state index in [0.717, 1.165) is 11.4 Å². The fourth-order valence-corrected chi connectivity index (χ4v) is 1.49. The van der Waals surface area contributed by atoms with Crippen LogP contribution in [0.1, 0.15) is 39.1 Å². The zero-order chi connectivity index (χ0) is 10.1. The molecule has 0 radical (unpaired) electrons. The molecule has 13 heavy (non-hydrogen) atoms. The van der Waals surface area contributed by atoms with Gasteiger partial charge in [0.1, 0.15) is 0 Å². The standard InChI is InChI=1S/C10H17N3/c1-6-8(10(3,4)5)9-7(2)11-13-12-9/h6H,1-5H3,(H,11,12,13)/b8-6-. The Labute approximate surface area is 79.2 Å². The zero-order valence-electron chi connectivity index (χ0n) is 8.97. The molecule has 0 aliphatic heterocycles. The SMILES string of the molecule is C/C=C(/c1[nH]nnc1C)C(C)(C)C. The van der Waals surface area contributed by atoms with Gasteiger partial charge in [0.05, 0.1) is 11.4 Å². The quantitative estimate of drug-likeness (QED) is 0.719. The van der Waals surface area contributed by atoms with E-state index in [4.69, 9.17) is 0 Å². The van der Waals surface area contributed by atoms with Gasteiger partial charge in [0, 0.05) is 0 Å². The van der Waals surface area contributed by atoms with Crippen LogP contribution in [0.4, 0.5) is 0 Å². The first-order valence-corrected chi connectivity index (χ1v) is 4.51. The molecule has 1 heterocycles. The van der Waals surface area contributed by atoms with E-state index in [9.17, 15) is 0 Å². The molecule has 3 heteroatoms. The molecule has 0 aromatic carbocycles. The molecular weight excluding hydrogens is 162 g/mol. The Balaban J connectivity index is 3.14. The van der Waals surface area contributed by atoms with Crippen LogP contribution in [-0.2, 0) is 0 Å². The van der Waals surface area contributed by atoms with E-state index in [0.29, 0.717) is 0 Å². The first-order valence-electron chi connectivity index (χ1n) is 4.51. The summed E-state index contributed by atoms with van der Waals surface area (Å²) in [6.45, 7) is 10.6. The predicted octanol–water partition coefficient (Wildman–Crippen LogP) is 2.56. The van der Waals surface area contributed by atoms with Crippen LogP contribution in [-0.4, -0.2) is 15.4 Å².